The van der Waals surface area contributed by atoms with Gasteiger partial charge in [0.15, 0.2) is 23.3 Å². The second-order valence-corrected chi connectivity index (χ2v) is 4.18. The summed E-state index contributed by atoms with van der Waals surface area (Å²) in [4.78, 5) is 0. The third-order valence-corrected chi connectivity index (χ3v) is 2.82. The molecule has 0 unspecified atom stereocenters. The lowest BCUT2D eigenvalue weighted by molar-refractivity contribution is 0.382. The molecular formula is C12H6ClF5N2. The second kappa shape index (κ2) is 5.16. The highest BCUT2D eigenvalue weighted by Crippen LogP contribution is 2.35. The van der Waals surface area contributed by atoms with Crippen LogP contribution in [0, 0.1) is 29.1 Å². The van der Waals surface area contributed by atoms with Gasteiger partial charge in [0.25, 0.3) is 0 Å². The molecule has 0 aliphatic carbocycles. The Hall–Kier alpha value is -2.02. The van der Waals surface area contributed by atoms with Gasteiger partial charge >= 0.3 is 0 Å². The van der Waals surface area contributed by atoms with E-state index in [0.717, 1.165) is 0 Å². The Labute approximate surface area is 115 Å². The van der Waals surface area contributed by atoms with Crippen LogP contribution in [0.1, 0.15) is 0 Å². The van der Waals surface area contributed by atoms with Gasteiger partial charge in [0.1, 0.15) is 5.69 Å². The number of nitrogens with two attached hydrogens (primary N) is 1. The van der Waals surface area contributed by atoms with Gasteiger partial charge in [0.2, 0.25) is 5.82 Å². The molecule has 0 saturated heterocycles. The van der Waals surface area contributed by atoms with E-state index in [1.54, 1.807) is 0 Å². The van der Waals surface area contributed by atoms with E-state index in [0.29, 0.717) is 0 Å². The Morgan fingerprint density at radius 2 is 1.30 bits per heavy atom. The fourth-order valence-electron chi connectivity index (χ4n) is 1.51. The molecule has 0 aliphatic rings. The Morgan fingerprint density at radius 1 is 0.800 bits per heavy atom. The summed E-state index contributed by atoms with van der Waals surface area (Å²) in [6.07, 6.45) is 0. The number of rotatable bonds is 2. The maximum Gasteiger partial charge on any atom is 0.200 e. The molecule has 0 aromatic heterocycles. The predicted molar refractivity (Wildman–Crippen MR) is 65.4 cm³/mol. The average Bonchev–Trinajstić information content (AvgIpc) is 2.42. The van der Waals surface area contributed by atoms with E-state index < -0.39 is 34.8 Å². The molecule has 2 nitrogen and oxygen atoms in total. The van der Waals surface area contributed by atoms with Crippen LogP contribution in [0.5, 0.6) is 0 Å². The molecule has 3 N–H and O–H groups in total. The van der Waals surface area contributed by atoms with Crippen LogP contribution in [0.3, 0.4) is 0 Å². The highest BCUT2D eigenvalue weighted by molar-refractivity contribution is 6.34. The van der Waals surface area contributed by atoms with E-state index >= 15 is 0 Å². The fraction of sp³-hybridized carbons (Fsp3) is 0. The lowest BCUT2D eigenvalue weighted by atomic mass is 10.2. The van der Waals surface area contributed by atoms with Gasteiger partial charge in [0.05, 0.1) is 16.4 Å². The van der Waals surface area contributed by atoms with Crippen molar-refractivity contribution < 1.29 is 22.0 Å². The van der Waals surface area contributed by atoms with Crippen LogP contribution in [0.4, 0.5) is 39.0 Å². The van der Waals surface area contributed by atoms with Gasteiger partial charge in [-0.2, -0.15) is 0 Å². The summed E-state index contributed by atoms with van der Waals surface area (Å²) in [5.41, 5.74) is 4.13. The third-order valence-electron chi connectivity index (χ3n) is 2.51. The number of nitrogen functional groups attached to an aromatic ring is 1. The zero-order chi connectivity index (χ0) is 15.0. The average molecular weight is 309 g/mol. The number of hydrogen-bond donors (Lipinski definition) is 2. The first-order valence-corrected chi connectivity index (χ1v) is 5.54. The van der Waals surface area contributed by atoms with Crippen molar-refractivity contribution in [2.45, 2.75) is 0 Å². The summed E-state index contributed by atoms with van der Waals surface area (Å²) in [5.74, 6) is -10.4. The molecule has 0 atom stereocenters. The predicted octanol–water partition coefficient (Wildman–Crippen LogP) is 4.36. The summed E-state index contributed by atoms with van der Waals surface area (Å²) < 4.78 is 65.9. The van der Waals surface area contributed by atoms with Crippen LogP contribution in [0.15, 0.2) is 18.2 Å². The van der Waals surface area contributed by atoms with Gasteiger partial charge in [-0.1, -0.05) is 17.7 Å². The normalized spacial score (nSPS) is 10.7. The van der Waals surface area contributed by atoms with Crippen molar-refractivity contribution >= 4 is 28.7 Å². The molecule has 20 heavy (non-hydrogen) atoms. The highest BCUT2D eigenvalue weighted by Gasteiger charge is 2.26. The van der Waals surface area contributed by atoms with E-state index in [1.165, 1.54) is 18.2 Å². The topological polar surface area (TPSA) is 38.0 Å². The maximum atomic E-state index is 13.5. The number of anilines is 3. The van der Waals surface area contributed by atoms with Crippen molar-refractivity contribution in [2.75, 3.05) is 11.1 Å². The molecule has 2 aromatic rings. The minimum Gasteiger partial charge on any atom is -0.397 e. The lowest BCUT2D eigenvalue weighted by Crippen LogP contribution is -2.08. The zero-order valence-electron chi connectivity index (χ0n) is 9.58. The van der Waals surface area contributed by atoms with Crippen LogP contribution < -0.4 is 11.1 Å². The summed E-state index contributed by atoms with van der Waals surface area (Å²) in [5, 5.41) is 2.00. The first-order chi connectivity index (χ1) is 9.34. The van der Waals surface area contributed by atoms with Crippen LogP contribution in [-0.2, 0) is 0 Å². The summed E-state index contributed by atoms with van der Waals surface area (Å²) >= 11 is 5.75. The monoisotopic (exact) mass is 308 g/mol. The fourth-order valence-corrected chi connectivity index (χ4v) is 1.74. The van der Waals surface area contributed by atoms with Crippen molar-refractivity contribution in [2.24, 2.45) is 0 Å². The van der Waals surface area contributed by atoms with E-state index in [1.807, 2.05) is 5.32 Å². The summed E-state index contributed by atoms with van der Waals surface area (Å²) in [7, 11) is 0. The first-order valence-electron chi connectivity index (χ1n) is 5.17. The van der Waals surface area contributed by atoms with Crippen LogP contribution in [0.25, 0.3) is 0 Å². The summed E-state index contributed by atoms with van der Waals surface area (Å²) in [6.45, 7) is 0. The molecule has 2 rings (SSSR count). The number of nitrogens with one attached hydrogen (secondary N) is 1. The van der Waals surface area contributed by atoms with Crippen molar-refractivity contribution in [1.29, 1.82) is 0 Å². The molecule has 2 aromatic carbocycles. The number of para-hydroxylation sites is 1. The van der Waals surface area contributed by atoms with E-state index in [2.05, 4.69) is 0 Å². The molecule has 0 bridgehead atoms. The number of hydrogen-bond acceptors (Lipinski definition) is 2. The number of benzene rings is 2. The van der Waals surface area contributed by atoms with Gasteiger partial charge in [-0.05, 0) is 12.1 Å². The molecule has 0 spiro atoms. The van der Waals surface area contributed by atoms with E-state index in [-0.39, 0.29) is 16.4 Å². The molecule has 0 fully saturated rings. The quantitative estimate of drug-likeness (QED) is 0.374. The largest absolute Gasteiger partial charge is 0.397 e. The molecule has 0 radical (unpaired) electrons. The van der Waals surface area contributed by atoms with Gasteiger partial charge in [0, 0.05) is 0 Å². The van der Waals surface area contributed by atoms with Crippen LogP contribution in [0.2, 0.25) is 5.02 Å². The van der Waals surface area contributed by atoms with Crippen molar-refractivity contribution in [1.82, 2.24) is 0 Å². The molecule has 0 heterocycles. The van der Waals surface area contributed by atoms with E-state index in [9.17, 15) is 22.0 Å². The van der Waals surface area contributed by atoms with Gasteiger partial charge < -0.3 is 11.1 Å². The van der Waals surface area contributed by atoms with Gasteiger partial charge in [-0.25, -0.2) is 22.0 Å². The molecule has 0 saturated carbocycles. The molecule has 0 amide bonds. The van der Waals surface area contributed by atoms with Crippen LogP contribution >= 0.6 is 11.6 Å². The molecule has 106 valence electrons. The Morgan fingerprint density at radius 3 is 1.80 bits per heavy atom. The Bertz CT molecular complexity index is 641. The minimum atomic E-state index is -2.24. The van der Waals surface area contributed by atoms with Gasteiger partial charge in [-0.15, -0.1) is 0 Å². The SMILES string of the molecule is Nc1cccc(Cl)c1Nc1c(F)c(F)c(F)c(F)c1F. The zero-order valence-corrected chi connectivity index (χ0v) is 10.3. The van der Waals surface area contributed by atoms with E-state index in [4.69, 9.17) is 17.3 Å². The molecular weight excluding hydrogens is 303 g/mol. The molecule has 8 heteroatoms. The lowest BCUT2D eigenvalue weighted by Gasteiger charge is -2.13. The summed E-state index contributed by atoms with van der Waals surface area (Å²) in [6, 6.07) is 4.15. The second-order valence-electron chi connectivity index (χ2n) is 3.77. The van der Waals surface area contributed by atoms with Crippen molar-refractivity contribution in [3.63, 3.8) is 0 Å². The standard InChI is InChI=1S/C12H6ClF5N2/c13-4-2-1-3-5(19)11(4)20-12-9(17)7(15)6(14)8(16)10(12)18/h1-3,20H,19H2. The maximum absolute atomic E-state index is 13.5. The van der Waals surface area contributed by atoms with Crippen molar-refractivity contribution in [3.8, 4) is 0 Å². The minimum absolute atomic E-state index is 0.0126. The number of halogens is 6. The Balaban J connectivity index is 2.61. The van der Waals surface area contributed by atoms with Crippen molar-refractivity contribution in [3.05, 3.63) is 52.3 Å². The van der Waals surface area contributed by atoms with Crippen LogP contribution in [-0.4, -0.2) is 0 Å². The third kappa shape index (κ3) is 2.24. The highest BCUT2D eigenvalue weighted by atomic mass is 35.5. The first kappa shape index (κ1) is 14.4. The smallest absolute Gasteiger partial charge is 0.200 e. The van der Waals surface area contributed by atoms with Gasteiger partial charge in [-0.3, -0.25) is 0 Å². The Kier molecular flexibility index (Phi) is 3.71. The molecule has 0 aliphatic heterocycles.